The number of benzene rings is 1. The molecule has 0 saturated carbocycles. The summed E-state index contributed by atoms with van der Waals surface area (Å²) in [5.41, 5.74) is 3.69. The Kier molecular flexibility index (Phi) is 5.93. The van der Waals surface area contributed by atoms with E-state index < -0.39 is 0 Å². The first-order chi connectivity index (χ1) is 13.0. The van der Waals surface area contributed by atoms with Crippen LogP contribution in [0.5, 0.6) is 5.75 Å². The lowest BCUT2D eigenvalue weighted by atomic mass is 10.1. The van der Waals surface area contributed by atoms with E-state index in [1.165, 1.54) is 18.9 Å². The Labute approximate surface area is 162 Å². The average molecular weight is 380 g/mol. The lowest BCUT2D eigenvalue weighted by molar-refractivity contribution is -0.114. The molecule has 0 radical (unpaired) electrons. The van der Waals surface area contributed by atoms with Gasteiger partial charge in [-0.15, -0.1) is 0 Å². The van der Waals surface area contributed by atoms with Gasteiger partial charge < -0.3 is 14.8 Å². The predicted octanol–water partition coefficient (Wildman–Crippen LogP) is 4.54. The van der Waals surface area contributed by atoms with Crippen molar-refractivity contribution in [3.05, 3.63) is 60.6 Å². The van der Waals surface area contributed by atoms with E-state index in [2.05, 4.69) is 20.0 Å². The molecule has 0 bridgehead atoms. The van der Waals surface area contributed by atoms with Gasteiger partial charge >= 0.3 is 0 Å². The minimum Gasteiger partial charge on any atom is -0.497 e. The lowest BCUT2D eigenvalue weighted by Crippen LogP contribution is -2.07. The highest BCUT2D eigenvalue weighted by atomic mass is 32.2. The monoisotopic (exact) mass is 380 g/mol. The molecular formula is C20H20N4O2S. The molecule has 0 aliphatic rings. The fraction of sp³-hybridized carbons (Fsp3) is 0.150. The number of nitrogens with one attached hydrogen (secondary N) is 2. The van der Waals surface area contributed by atoms with Crippen LogP contribution in [-0.4, -0.2) is 23.0 Å². The average Bonchev–Trinajstić information content (AvgIpc) is 2.67. The maximum absolute atomic E-state index is 11.2. The Morgan fingerprint density at radius 3 is 2.56 bits per heavy atom. The highest BCUT2D eigenvalue weighted by Gasteiger charge is 2.07. The number of anilines is 2. The summed E-state index contributed by atoms with van der Waals surface area (Å²) < 4.78 is 8.53. The van der Waals surface area contributed by atoms with Gasteiger partial charge in [0.1, 0.15) is 11.6 Å². The number of pyridine rings is 2. The standard InChI is InChI=1S/C20H20N4O2S/c1-13-19(24-27-18-6-4-17(26-3)5-7-18)10-16(12-22-13)15-8-9-21-20(11-15)23-14(2)25/h4-12,24H,1-3H3,(H,21,23,25). The molecule has 6 nitrogen and oxygen atoms in total. The molecular weight excluding hydrogens is 360 g/mol. The maximum Gasteiger partial charge on any atom is 0.222 e. The number of nitrogens with zero attached hydrogens (tertiary/aromatic N) is 2. The van der Waals surface area contributed by atoms with Gasteiger partial charge in [-0.3, -0.25) is 9.78 Å². The summed E-state index contributed by atoms with van der Waals surface area (Å²) in [4.78, 5) is 20.9. The molecule has 0 aliphatic carbocycles. The number of amides is 1. The fourth-order valence-electron chi connectivity index (χ4n) is 2.41. The van der Waals surface area contributed by atoms with Crippen LogP contribution in [0.2, 0.25) is 0 Å². The highest BCUT2D eigenvalue weighted by Crippen LogP contribution is 2.29. The van der Waals surface area contributed by atoms with Crippen molar-refractivity contribution in [1.29, 1.82) is 0 Å². The van der Waals surface area contributed by atoms with Crippen LogP contribution >= 0.6 is 11.9 Å². The van der Waals surface area contributed by atoms with Crippen molar-refractivity contribution in [3.63, 3.8) is 0 Å². The number of methoxy groups -OCH3 is 1. The normalized spacial score (nSPS) is 10.3. The fourth-order valence-corrected chi connectivity index (χ4v) is 3.12. The Morgan fingerprint density at radius 2 is 1.85 bits per heavy atom. The molecule has 3 rings (SSSR count). The molecule has 2 N–H and O–H groups in total. The third-order valence-corrected chi connectivity index (χ3v) is 4.65. The first-order valence-corrected chi connectivity index (χ1v) is 9.14. The van der Waals surface area contributed by atoms with Crippen molar-refractivity contribution in [2.24, 2.45) is 0 Å². The van der Waals surface area contributed by atoms with E-state index in [-0.39, 0.29) is 5.91 Å². The first-order valence-electron chi connectivity index (χ1n) is 8.33. The van der Waals surface area contributed by atoms with E-state index in [4.69, 9.17) is 4.74 Å². The molecule has 1 aromatic carbocycles. The minimum atomic E-state index is -0.153. The maximum atomic E-state index is 11.2. The van der Waals surface area contributed by atoms with Gasteiger partial charge in [0.15, 0.2) is 0 Å². The molecule has 0 aliphatic heterocycles. The number of hydrogen-bond donors (Lipinski definition) is 2. The van der Waals surface area contributed by atoms with Crippen molar-refractivity contribution in [2.75, 3.05) is 17.1 Å². The van der Waals surface area contributed by atoms with E-state index in [1.807, 2.05) is 55.6 Å². The highest BCUT2D eigenvalue weighted by molar-refractivity contribution is 8.00. The molecule has 0 fully saturated rings. The second kappa shape index (κ2) is 8.55. The van der Waals surface area contributed by atoms with Crippen LogP contribution in [0.15, 0.2) is 59.8 Å². The second-order valence-electron chi connectivity index (χ2n) is 5.85. The number of rotatable bonds is 6. The molecule has 0 saturated heterocycles. The van der Waals surface area contributed by atoms with E-state index in [0.29, 0.717) is 5.82 Å². The number of carbonyl (C=O) groups is 1. The van der Waals surface area contributed by atoms with Gasteiger partial charge in [-0.25, -0.2) is 4.98 Å². The number of aryl methyl sites for hydroxylation is 1. The van der Waals surface area contributed by atoms with Crippen LogP contribution in [0.4, 0.5) is 11.5 Å². The first kappa shape index (κ1) is 18.7. The van der Waals surface area contributed by atoms with Crippen LogP contribution in [-0.2, 0) is 4.79 Å². The van der Waals surface area contributed by atoms with Gasteiger partial charge in [0.25, 0.3) is 0 Å². The van der Waals surface area contributed by atoms with Crippen LogP contribution in [0, 0.1) is 6.92 Å². The Bertz CT molecular complexity index is 945. The van der Waals surface area contributed by atoms with Crippen molar-refractivity contribution >= 4 is 29.4 Å². The van der Waals surface area contributed by atoms with E-state index in [0.717, 1.165) is 33.2 Å². The molecule has 3 aromatic rings. The number of carbonyl (C=O) groups excluding carboxylic acids is 1. The largest absolute Gasteiger partial charge is 0.497 e. The van der Waals surface area contributed by atoms with Crippen LogP contribution < -0.4 is 14.8 Å². The van der Waals surface area contributed by atoms with Gasteiger partial charge in [0.05, 0.1) is 18.5 Å². The summed E-state index contributed by atoms with van der Waals surface area (Å²) in [7, 11) is 1.65. The number of ether oxygens (including phenoxy) is 1. The molecule has 0 atom stereocenters. The lowest BCUT2D eigenvalue weighted by Gasteiger charge is -2.11. The zero-order valence-electron chi connectivity index (χ0n) is 15.3. The molecule has 138 valence electrons. The third kappa shape index (κ3) is 4.98. The smallest absolute Gasteiger partial charge is 0.222 e. The Morgan fingerprint density at radius 1 is 1.07 bits per heavy atom. The Hall–Kier alpha value is -3.06. The van der Waals surface area contributed by atoms with Crippen molar-refractivity contribution in [2.45, 2.75) is 18.7 Å². The predicted molar refractivity (Wildman–Crippen MR) is 109 cm³/mol. The summed E-state index contributed by atoms with van der Waals surface area (Å²) >= 11 is 1.51. The molecule has 2 heterocycles. The van der Waals surface area contributed by atoms with Crippen molar-refractivity contribution in [3.8, 4) is 16.9 Å². The van der Waals surface area contributed by atoms with Gasteiger partial charge in [-0.1, -0.05) is 0 Å². The summed E-state index contributed by atoms with van der Waals surface area (Å²) in [5, 5.41) is 2.70. The van der Waals surface area contributed by atoms with Crippen molar-refractivity contribution in [1.82, 2.24) is 9.97 Å². The van der Waals surface area contributed by atoms with Crippen molar-refractivity contribution < 1.29 is 9.53 Å². The minimum absolute atomic E-state index is 0.153. The Balaban J connectivity index is 1.78. The third-order valence-electron chi connectivity index (χ3n) is 3.82. The van der Waals surface area contributed by atoms with Gasteiger partial charge in [-0.05, 0) is 66.9 Å². The van der Waals surface area contributed by atoms with Crippen LogP contribution in [0.25, 0.3) is 11.1 Å². The molecule has 27 heavy (non-hydrogen) atoms. The van der Waals surface area contributed by atoms with Gasteiger partial charge in [0, 0.05) is 29.8 Å². The number of hydrogen-bond acceptors (Lipinski definition) is 6. The molecule has 0 unspecified atom stereocenters. The van der Waals surface area contributed by atoms with E-state index in [9.17, 15) is 4.79 Å². The molecule has 7 heteroatoms. The SMILES string of the molecule is COc1ccc(SNc2cc(-c3ccnc(NC(C)=O)c3)cnc2C)cc1. The summed E-state index contributed by atoms with van der Waals surface area (Å²) in [6.45, 7) is 3.41. The van der Waals surface area contributed by atoms with Crippen LogP contribution in [0.3, 0.4) is 0 Å². The quantitative estimate of drug-likeness (QED) is 0.612. The zero-order chi connectivity index (χ0) is 19.2. The topological polar surface area (TPSA) is 76.1 Å². The number of aromatic nitrogens is 2. The van der Waals surface area contributed by atoms with E-state index in [1.54, 1.807) is 13.3 Å². The summed E-state index contributed by atoms with van der Waals surface area (Å²) in [6.07, 6.45) is 3.48. The summed E-state index contributed by atoms with van der Waals surface area (Å²) in [5.74, 6) is 1.19. The zero-order valence-corrected chi connectivity index (χ0v) is 16.1. The van der Waals surface area contributed by atoms with Crippen LogP contribution in [0.1, 0.15) is 12.6 Å². The van der Waals surface area contributed by atoms with Gasteiger partial charge in [0.2, 0.25) is 5.91 Å². The molecule has 0 spiro atoms. The van der Waals surface area contributed by atoms with E-state index >= 15 is 0 Å². The molecule has 2 aromatic heterocycles. The molecule has 1 amide bonds. The van der Waals surface area contributed by atoms with Gasteiger partial charge in [-0.2, -0.15) is 0 Å². The second-order valence-corrected chi connectivity index (χ2v) is 6.73. The summed E-state index contributed by atoms with van der Waals surface area (Å²) in [6, 6.07) is 13.6.